The fourth-order valence-electron chi connectivity index (χ4n) is 2.31. The minimum absolute atomic E-state index is 0.155. The molecule has 10 heteroatoms. The van der Waals surface area contributed by atoms with Crippen LogP contribution < -0.4 is 16.0 Å². The van der Waals surface area contributed by atoms with Gasteiger partial charge in [0.2, 0.25) is 0 Å². The van der Waals surface area contributed by atoms with Crippen molar-refractivity contribution in [1.82, 2.24) is 20.9 Å². The Morgan fingerprint density at radius 3 is 2.54 bits per heavy atom. The first-order valence-corrected chi connectivity index (χ1v) is 9.48. The number of nitrogens with one attached hydrogen (secondary N) is 3. The summed E-state index contributed by atoms with van der Waals surface area (Å²) in [5.41, 5.74) is 0.751. The van der Waals surface area contributed by atoms with Crippen LogP contribution in [0, 0.1) is 6.92 Å². The van der Waals surface area contributed by atoms with E-state index in [1.807, 2.05) is 25.1 Å². The van der Waals surface area contributed by atoms with E-state index in [0.29, 0.717) is 42.6 Å². The smallest absolute Gasteiger partial charge is 0.356 e. The Morgan fingerprint density at radius 2 is 1.89 bits per heavy atom. The summed E-state index contributed by atoms with van der Waals surface area (Å²) in [4.78, 5) is 19.7. The number of guanidine groups is 1. The number of alkyl halides is 3. The number of thiazole rings is 1. The maximum atomic E-state index is 12.5. The molecule has 1 amide bonds. The Balaban J connectivity index is 1.67. The van der Waals surface area contributed by atoms with Gasteiger partial charge in [-0.15, -0.1) is 11.3 Å². The van der Waals surface area contributed by atoms with Gasteiger partial charge in [0.1, 0.15) is 0 Å². The zero-order valence-corrected chi connectivity index (χ0v) is 16.4. The van der Waals surface area contributed by atoms with Crippen molar-refractivity contribution in [1.29, 1.82) is 0 Å². The minimum Gasteiger partial charge on any atom is -0.356 e. The van der Waals surface area contributed by atoms with Crippen molar-refractivity contribution in [3.05, 3.63) is 51.5 Å². The van der Waals surface area contributed by atoms with Crippen LogP contribution in [-0.2, 0) is 12.6 Å². The molecule has 2 rings (SSSR count). The van der Waals surface area contributed by atoms with Crippen LogP contribution in [0.2, 0.25) is 0 Å². The maximum Gasteiger partial charge on any atom is 0.434 e. The van der Waals surface area contributed by atoms with Crippen LogP contribution in [0.4, 0.5) is 13.2 Å². The zero-order valence-electron chi connectivity index (χ0n) is 15.6. The van der Waals surface area contributed by atoms with E-state index in [-0.39, 0.29) is 5.91 Å². The van der Waals surface area contributed by atoms with Crippen LogP contribution in [0.3, 0.4) is 0 Å². The second-order valence-corrected chi connectivity index (χ2v) is 6.87. The molecule has 0 saturated carbocycles. The van der Waals surface area contributed by atoms with E-state index in [0.717, 1.165) is 22.3 Å². The number of aromatic nitrogens is 1. The lowest BCUT2D eigenvalue weighted by atomic mass is 10.1. The fraction of sp³-hybridized carbons (Fsp3) is 0.389. The maximum absolute atomic E-state index is 12.5. The third-order valence-corrected chi connectivity index (χ3v) is 4.59. The Hall–Kier alpha value is -2.62. The largest absolute Gasteiger partial charge is 0.434 e. The predicted molar refractivity (Wildman–Crippen MR) is 104 cm³/mol. The first-order valence-electron chi connectivity index (χ1n) is 8.60. The molecular weight excluding hydrogens is 391 g/mol. The molecule has 1 aromatic heterocycles. The van der Waals surface area contributed by atoms with Gasteiger partial charge in [-0.25, -0.2) is 4.98 Å². The van der Waals surface area contributed by atoms with E-state index in [4.69, 9.17) is 0 Å². The van der Waals surface area contributed by atoms with Gasteiger partial charge in [0.05, 0.1) is 5.01 Å². The van der Waals surface area contributed by atoms with Crippen molar-refractivity contribution >= 4 is 23.2 Å². The molecule has 0 aliphatic heterocycles. The summed E-state index contributed by atoms with van der Waals surface area (Å²) in [5, 5.41) is 10.3. The number of hydrogen-bond acceptors (Lipinski definition) is 4. The summed E-state index contributed by atoms with van der Waals surface area (Å²) in [7, 11) is 1.59. The van der Waals surface area contributed by atoms with E-state index in [9.17, 15) is 18.0 Å². The number of halogens is 3. The topological polar surface area (TPSA) is 78.4 Å². The molecule has 0 atom stereocenters. The van der Waals surface area contributed by atoms with E-state index >= 15 is 0 Å². The van der Waals surface area contributed by atoms with E-state index in [1.54, 1.807) is 13.1 Å². The number of rotatable bonds is 7. The van der Waals surface area contributed by atoms with E-state index < -0.39 is 11.9 Å². The third kappa shape index (κ3) is 6.84. The molecular formula is C18H22F3N5OS. The summed E-state index contributed by atoms with van der Waals surface area (Å²) in [6.45, 7) is 3.16. The first-order chi connectivity index (χ1) is 13.3. The highest BCUT2D eigenvalue weighted by Gasteiger charge is 2.33. The number of benzene rings is 1. The molecule has 6 nitrogen and oxygen atoms in total. The van der Waals surface area contributed by atoms with Crippen molar-refractivity contribution in [2.75, 3.05) is 26.7 Å². The van der Waals surface area contributed by atoms with Gasteiger partial charge < -0.3 is 16.0 Å². The van der Waals surface area contributed by atoms with E-state index in [1.165, 1.54) is 0 Å². The molecule has 152 valence electrons. The van der Waals surface area contributed by atoms with Crippen molar-refractivity contribution in [3.8, 4) is 0 Å². The van der Waals surface area contributed by atoms with Gasteiger partial charge in [-0.2, -0.15) is 13.2 Å². The predicted octanol–water partition coefficient (Wildman–Crippen LogP) is 2.61. The molecule has 0 aliphatic carbocycles. The lowest BCUT2D eigenvalue weighted by Crippen LogP contribution is -2.42. The highest BCUT2D eigenvalue weighted by atomic mass is 32.1. The number of carbonyl (C=O) groups excluding carboxylic acids is 1. The molecule has 0 aliphatic rings. The minimum atomic E-state index is -4.41. The van der Waals surface area contributed by atoms with Crippen LogP contribution in [0.5, 0.6) is 0 Å². The van der Waals surface area contributed by atoms with Gasteiger partial charge in [-0.3, -0.25) is 9.79 Å². The molecule has 2 aromatic rings. The molecule has 0 fully saturated rings. The Morgan fingerprint density at radius 1 is 1.18 bits per heavy atom. The quantitative estimate of drug-likeness (QED) is 0.370. The highest BCUT2D eigenvalue weighted by Crippen LogP contribution is 2.29. The molecule has 1 aromatic carbocycles. The lowest BCUT2D eigenvalue weighted by molar-refractivity contribution is -0.140. The number of aliphatic imine (C=N–C) groups is 1. The van der Waals surface area contributed by atoms with Crippen LogP contribution in [0.15, 0.2) is 34.6 Å². The zero-order chi connectivity index (χ0) is 20.6. The molecule has 0 radical (unpaired) electrons. The highest BCUT2D eigenvalue weighted by molar-refractivity contribution is 7.09. The van der Waals surface area contributed by atoms with Crippen LogP contribution >= 0.6 is 11.3 Å². The van der Waals surface area contributed by atoms with Gasteiger partial charge in [-0.1, -0.05) is 17.7 Å². The summed E-state index contributed by atoms with van der Waals surface area (Å²) >= 11 is 0.980. The summed E-state index contributed by atoms with van der Waals surface area (Å²) in [5.74, 6) is 0.343. The fourth-order valence-corrected chi connectivity index (χ4v) is 3.11. The summed E-state index contributed by atoms with van der Waals surface area (Å²) in [6, 6.07) is 7.31. The van der Waals surface area contributed by atoms with Crippen LogP contribution in [0.1, 0.15) is 26.6 Å². The molecule has 28 heavy (non-hydrogen) atoms. The third-order valence-electron chi connectivity index (χ3n) is 3.68. The van der Waals surface area contributed by atoms with Crippen molar-refractivity contribution in [2.45, 2.75) is 19.5 Å². The number of carbonyl (C=O) groups is 1. The van der Waals surface area contributed by atoms with Crippen LogP contribution in [-0.4, -0.2) is 43.5 Å². The summed E-state index contributed by atoms with van der Waals surface area (Å²) < 4.78 is 37.6. The second kappa shape index (κ2) is 10.1. The van der Waals surface area contributed by atoms with Gasteiger partial charge in [-0.05, 0) is 19.1 Å². The SMILES string of the molecule is CN=C(NCCNC(=O)c1cccc(C)c1)NCCc1nc(C(F)(F)F)cs1. The monoisotopic (exact) mass is 413 g/mol. The Labute approximate surface area is 165 Å². The van der Waals surface area contributed by atoms with Crippen molar-refractivity contribution in [2.24, 2.45) is 4.99 Å². The van der Waals surface area contributed by atoms with Gasteiger partial charge in [0, 0.05) is 44.0 Å². The van der Waals surface area contributed by atoms with Crippen LogP contribution in [0.25, 0.3) is 0 Å². The van der Waals surface area contributed by atoms with E-state index in [2.05, 4.69) is 25.9 Å². The molecule has 0 spiro atoms. The van der Waals surface area contributed by atoms with Crippen molar-refractivity contribution < 1.29 is 18.0 Å². The number of hydrogen-bond donors (Lipinski definition) is 3. The van der Waals surface area contributed by atoms with Gasteiger partial charge >= 0.3 is 6.18 Å². The van der Waals surface area contributed by atoms with Gasteiger partial charge in [0.15, 0.2) is 11.7 Å². The molecule has 1 heterocycles. The molecule has 0 saturated heterocycles. The van der Waals surface area contributed by atoms with Crippen molar-refractivity contribution in [3.63, 3.8) is 0 Å². The average Bonchev–Trinajstić information content (AvgIpc) is 3.13. The average molecular weight is 413 g/mol. The Bertz CT molecular complexity index is 820. The molecule has 0 bridgehead atoms. The lowest BCUT2D eigenvalue weighted by Gasteiger charge is -2.12. The standard InChI is InChI=1S/C18H22F3N5OS/c1-12-4-3-5-13(10-12)16(27)23-8-9-25-17(22-2)24-7-6-15-26-14(11-28-15)18(19,20)21/h3-5,10-11H,6-9H2,1-2H3,(H,23,27)(H2,22,24,25). The number of aryl methyl sites for hydroxylation is 1. The van der Waals surface area contributed by atoms with Gasteiger partial charge in [0.25, 0.3) is 5.91 Å². The molecule has 0 unspecified atom stereocenters. The first kappa shape index (κ1) is 21.7. The normalized spacial score (nSPS) is 12.0. The second-order valence-electron chi connectivity index (χ2n) is 5.93. The number of nitrogens with zero attached hydrogens (tertiary/aromatic N) is 2. The Kier molecular flexibility index (Phi) is 7.80. The summed E-state index contributed by atoms with van der Waals surface area (Å²) in [6.07, 6.45) is -4.06. The molecule has 3 N–H and O–H groups in total. The number of amides is 1.